The van der Waals surface area contributed by atoms with Crippen LogP contribution in [0.1, 0.15) is 11.1 Å². The second-order valence-corrected chi connectivity index (χ2v) is 6.65. The Morgan fingerprint density at radius 2 is 1.88 bits per heavy atom. The van der Waals surface area contributed by atoms with Crippen LogP contribution in [-0.4, -0.2) is 38.1 Å². The molecule has 0 fully saturated rings. The third-order valence-corrected chi connectivity index (χ3v) is 4.68. The van der Waals surface area contributed by atoms with Crippen LogP contribution in [-0.2, 0) is 17.9 Å². The minimum Gasteiger partial charge on any atom is -0.340 e. The van der Waals surface area contributed by atoms with Gasteiger partial charge in [0.25, 0.3) is 0 Å². The molecular weight excluding hydrogens is 382 g/mol. The van der Waals surface area contributed by atoms with Gasteiger partial charge in [0.2, 0.25) is 11.7 Å². The third-order valence-electron chi connectivity index (χ3n) is 3.91. The fourth-order valence-electron chi connectivity index (χ4n) is 2.45. The van der Waals surface area contributed by atoms with Crippen molar-refractivity contribution in [1.82, 2.24) is 25.1 Å². The molecule has 6 nitrogen and oxygen atoms in total. The summed E-state index contributed by atoms with van der Waals surface area (Å²) in [6.07, 6.45) is 0. The molecule has 0 aliphatic carbocycles. The Kier molecular flexibility index (Phi) is 5.23. The molecule has 0 bridgehead atoms. The lowest BCUT2D eigenvalue weighted by Crippen LogP contribution is -2.30. The number of carbonyl (C=O) groups excluding carboxylic acids is 1. The van der Waals surface area contributed by atoms with Crippen molar-refractivity contribution in [3.05, 3.63) is 64.1 Å². The van der Waals surface area contributed by atoms with E-state index in [0.717, 1.165) is 21.2 Å². The van der Waals surface area contributed by atoms with Crippen LogP contribution in [0.15, 0.2) is 53.0 Å². The minimum atomic E-state index is -0.0792. The molecule has 0 aliphatic heterocycles. The highest BCUT2D eigenvalue weighted by Crippen LogP contribution is 2.19. The number of rotatable bonds is 5. The van der Waals surface area contributed by atoms with Crippen LogP contribution in [0, 0.1) is 6.92 Å². The Morgan fingerprint density at radius 3 is 2.64 bits per heavy atom. The second-order valence-electron chi connectivity index (χ2n) is 5.80. The summed E-state index contributed by atoms with van der Waals surface area (Å²) in [5, 5.41) is 12.4. The van der Waals surface area contributed by atoms with Gasteiger partial charge in [0.05, 0.1) is 0 Å². The molecule has 0 saturated carbocycles. The molecule has 3 rings (SSSR count). The molecule has 1 heterocycles. The van der Waals surface area contributed by atoms with Gasteiger partial charge >= 0.3 is 0 Å². The summed E-state index contributed by atoms with van der Waals surface area (Å²) < 4.78 is 0.982. The number of amides is 1. The van der Waals surface area contributed by atoms with Crippen LogP contribution >= 0.6 is 15.9 Å². The lowest BCUT2D eigenvalue weighted by Gasteiger charge is -2.17. The van der Waals surface area contributed by atoms with Crippen LogP contribution in [0.3, 0.4) is 0 Å². The SMILES string of the molecule is Cc1ccccc1-c1nnn(CC(=O)N(C)Cc2ccccc2Br)n1. The molecule has 7 heteroatoms. The van der Waals surface area contributed by atoms with Crippen LogP contribution in [0.5, 0.6) is 0 Å². The van der Waals surface area contributed by atoms with Crippen LogP contribution in [0.4, 0.5) is 0 Å². The van der Waals surface area contributed by atoms with E-state index in [9.17, 15) is 4.79 Å². The molecule has 0 unspecified atom stereocenters. The van der Waals surface area contributed by atoms with Gasteiger partial charge < -0.3 is 4.90 Å². The zero-order chi connectivity index (χ0) is 17.8. The van der Waals surface area contributed by atoms with Gasteiger partial charge in [-0.15, -0.1) is 10.2 Å². The van der Waals surface area contributed by atoms with Gasteiger partial charge in [0.1, 0.15) is 6.54 Å². The first-order valence-corrected chi connectivity index (χ1v) is 8.65. The van der Waals surface area contributed by atoms with Gasteiger partial charge in [0, 0.05) is 23.6 Å². The highest BCUT2D eigenvalue weighted by molar-refractivity contribution is 9.10. The third kappa shape index (κ3) is 4.11. The van der Waals surface area contributed by atoms with Gasteiger partial charge in [-0.1, -0.05) is 58.4 Å². The number of carbonyl (C=O) groups is 1. The quantitative estimate of drug-likeness (QED) is 0.661. The Labute approximate surface area is 154 Å². The number of benzene rings is 2. The number of tetrazole rings is 1. The van der Waals surface area contributed by atoms with Crippen molar-refractivity contribution in [2.45, 2.75) is 20.0 Å². The summed E-state index contributed by atoms with van der Waals surface area (Å²) in [6.45, 7) is 2.56. The van der Waals surface area contributed by atoms with E-state index in [0.29, 0.717) is 12.4 Å². The molecule has 0 aliphatic rings. The molecule has 1 amide bonds. The highest BCUT2D eigenvalue weighted by Gasteiger charge is 2.14. The highest BCUT2D eigenvalue weighted by atomic mass is 79.9. The molecule has 2 aromatic carbocycles. The number of aromatic nitrogens is 4. The summed E-state index contributed by atoms with van der Waals surface area (Å²) in [7, 11) is 1.76. The minimum absolute atomic E-state index is 0.0554. The summed E-state index contributed by atoms with van der Waals surface area (Å²) in [4.78, 5) is 15.4. The summed E-state index contributed by atoms with van der Waals surface area (Å²) >= 11 is 3.50. The van der Waals surface area contributed by atoms with Crippen molar-refractivity contribution < 1.29 is 4.79 Å². The molecule has 0 spiro atoms. The van der Waals surface area contributed by atoms with Crippen molar-refractivity contribution in [1.29, 1.82) is 0 Å². The predicted octanol–water partition coefficient (Wildman–Crippen LogP) is 3.07. The molecular formula is C18H18BrN5O. The molecule has 1 aromatic heterocycles. The largest absolute Gasteiger partial charge is 0.340 e. The normalized spacial score (nSPS) is 10.7. The van der Waals surface area contributed by atoms with Gasteiger partial charge in [-0.2, -0.15) is 4.80 Å². The monoisotopic (exact) mass is 399 g/mol. The average molecular weight is 400 g/mol. The van der Waals surface area contributed by atoms with E-state index in [4.69, 9.17) is 0 Å². The molecule has 0 N–H and O–H groups in total. The molecule has 0 radical (unpaired) electrons. The van der Waals surface area contributed by atoms with E-state index in [1.807, 2.05) is 55.5 Å². The summed E-state index contributed by atoms with van der Waals surface area (Å²) in [5.41, 5.74) is 3.03. The van der Waals surface area contributed by atoms with Crippen molar-refractivity contribution in [2.75, 3.05) is 7.05 Å². The van der Waals surface area contributed by atoms with Gasteiger partial charge in [0.15, 0.2) is 0 Å². The maximum atomic E-state index is 12.4. The van der Waals surface area contributed by atoms with Crippen molar-refractivity contribution in [3.63, 3.8) is 0 Å². The Bertz CT molecular complexity index is 892. The van der Waals surface area contributed by atoms with Gasteiger partial charge in [-0.05, 0) is 29.3 Å². The van der Waals surface area contributed by atoms with Crippen LogP contribution < -0.4 is 0 Å². The average Bonchev–Trinajstić information content (AvgIpc) is 3.05. The molecule has 0 atom stereocenters. The molecule has 3 aromatic rings. The van der Waals surface area contributed by atoms with E-state index < -0.39 is 0 Å². The first-order chi connectivity index (χ1) is 12.0. The van der Waals surface area contributed by atoms with E-state index in [-0.39, 0.29) is 12.5 Å². The second kappa shape index (κ2) is 7.57. The predicted molar refractivity (Wildman–Crippen MR) is 98.6 cm³/mol. The van der Waals surface area contributed by atoms with E-state index in [1.165, 1.54) is 4.80 Å². The van der Waals surface area contributed by atoms with Crippen molar-refractivity contribution in [2.24, 2.45) is 0 Å². The summed E-state index contributed by atoms with van der Waals surface area (Å²) in [6, 6.07) is 15.7. The zero-order valence-corrected chi connectivity index (χ0v) is 15.6. The zero-order valence-electron chi connectivity index (χ0n) is 14.1. The van der Waals surface area contributed by atoms with Crippen molar-refractivity contribution >= 4 is 21.8 Å². The van der Waals surface area contributed by atoms with Crippen molar-refractivity contribution in [3.8, 4) is 11.4 Å². The smallest absolute Gasteiger partial charge is 0.246 e. The van der Waals surface area contributed by atoms with Gasteiger partial charge in [-0.3, -0.25) is 4.79 Å². The standard InChI is InChI=1S/C18H18BrN5O/c1-13-7-3-5-9-15(13)18-20-22-24(21-18)12-17(25)23(2)11-14-8-4-6-10-16(14)19/h3-10H,11-12H2,1-2H3. The number of hydrogen-bond donors (Lipinski definition) is 0. The number of nitrogens with zero attached hydrogens (tertiary/aromatic N) is 5. The number of likely N-dealkylation sites (N-methyl/N-ethyl adjacent to an activating group) is 1. The van der Waals surface area contributed by atoms with E-state index >= 15 is 0 Å². The molecule has 25 heavy (non-hydrogen) atoms. The lowest BCUT2D eigenvalue weighted by atomic mass is 10.1. The fourth-order valence-corrected chi connectivity index (χ4v) is 2.86. The maximum Gasteiger partial charge on any atom is 0.246 e. The van der Waals surface area contributed by atoms with Crippen LogP contribution in [0.25, 0.3) is 11.4 Å². The fraction of sp³-hybridized carbons (Fsp3) is 0.222. The topological polar surface area (TPSA) is 63.9 Å². The van der Waals surface area contributed by atoms with Crippen LogP contribution in [0.2, 0.25) is 0 Å². The summed E-state index contributed by atoms with van der Waals surface area (Å²) in [5.74, 6) is 0.448. The number of aryl methyl sites for hydroxylation is 1. The first kappa shape index (κ1) is 17.3. The lowest BCUT2D eigenvalue weighted by molar-refractivity contribution is -0.131. The number of halogens is 1. The van der Waals surface area contributed by atoms with Gasteiger partial charge in [-0.25, -0.2) is 0 Å². The number of hydrogen-bond acceptors (Lipinski definition) is 4. The Morgan fingerprint density at radius 1 is 1.16 bits per heavy atom. The maximum absolute atomic E-state index is 12.4. The first-order valence-electron chi connectivity index (χ1n) is 7.86. The molecule has 128 valence electrons. The molecule has 0 saturated heterocycles. The Hall–Kier alpha value is -2.54. The van der Waals surface area contributed by atoms with E-state index in [2.05, 4.69) is 31.3 Å². The Balaban J connectivity index is 1.67. The van der Waals surface area contributed by atoms with E-state index in [1.54, 1.807) is 11.9 Å².